The molecule has 3 rings (SSSR count). The molecule has 0 atom stereocenters. The molecule has 0 amide bonds. The molecule has 0 saturated heterocycles. The molecule has 1 aromatic carbocycles. The number of rotatable bonds is 1. The van der Waals surface area contributed by atoms with Gasteiger partial charge >= 0.3 is 6.18 Å². The van der Waals surface area contributed by atoms with Crippen LogP contribution in [-0.4, -0.2) is 16.3 Å². The van der Waals surface area contributed by atoms with Crippen molar-refractivity contribution in [1.29, 1.82) is 0 Å². The van der Waals surface area contributed by atoms with Crippen molar-refractivity contribution in [2.24, 2.45) is 7.05 Å². The van der Waals surface area contributed by atoms with Crippen LogP contribution in [0.25, 0.3) is 11.6 Å². The molecule has 1 aliphatic rings. The predicted molar refractivity (Wildman–Crippen MR) is 81.4 cm³/mol. The number of aryl methyl sites for hydroxylation is 1. The molecule has 3 nitrogen and oxygen atoms in total. The largest absolute Gasteiger partial charge is 0.435 e. The minimum Gasteiger partial charge on any atom is -0.308 e. The third kappa shape index (κ3) is 3.40. The van der Waals surface area contributed by atoms with Crippen LogP contribution < -0.4 is 5.32 Å². The van der Waals surface area contributed by atoms with E-state index in [0.717, 1.165) is 5.56 Å². The molecule has 0 radical (unpaired) electrons. The molecule has 1 aliphatic heterocycles. The van der Waals surface area contributed by atoms with Gasteiger partial charge in [-0.05, 0) is 29.3 Å². The maximum absolute atomic E-state index is 13.0. The fraction of sp³-hybridized carbons (Fsp3) is 0.267. The minimum atomic E-state index is -4.48. The first-order valence-corrected chi connectivity index (χ1v) is 6.66. The Balaban J connectivity index is 0.00000192. The lowest BCUT2D eigenvalue weighted by atomic mass is 9.99. The Kier molecular flexibility index (Phi) is 4.81. The average Bonchev–Trinajstić information content (AvgIpc) is 2.80. The number of hydrogen-bond acceptors (Lipinski definition) is 2. The molecule has 0 bridgehead atoms. The number of nitrogens with zero attached hydrogens (tertiary/aromatic N) is 2. The van der Waals surface area contributed by atoms with Crippen molar-refractivity contribution in [2.75, 3.05) is 6.54 Å². The van der Waals surface area contributed by atoms with Crippen LogP contribution in [0.2, 0.25) is 0 Å². The number of fused-ring (bicyclic) bond motifs is 1. The molecule has 2 heterocycles. The van der Waals surface area contributed by atoms with Gasteiger partial charge in [-0.1, -0.05) is 12.1 Å². The Hall–Kier alpha value is -1.86. The lowest BCUT2D eigenvalue weighted by Crippen LogP contribution is -2.25. The molecule has 124 valence electrons. The van der Waals surface area contributed by atoms with E-state index in [2.05, 4.69) is 10.4 Å². The Morgan fingerprint density at radius 3 is 2.43 bits per heavy atom. The van der Waals surface area contributed by atoms with E-state index in [1.165, 1.54) is 23.9 Å². The van der Waals surface area contributed by atoms with E-state index < -0.39 is 11.9 Å². The zero-order chi connectivity index (χ0) is 15.9. The van der Waals surface area contributed by atoms with Crippen LogP contribution in [0.15, 0.2) is 24.3 Å². The summed E-state index contributed by atoms with van der Waals surface area (Å²) in [6.07, 6.45) is -2.74. The van der Waals surface area contributed by atoms with Crippen LogP contribution >= 0.6 is 12.4 Å². The average molecular weight is 348 g/mol. The van der Waals surface area contributed by atoms with Gasteiger partial charge in [0.1, 0.15) is 5.82 Å². The highest BCUT2D eigenvalue weighted by atomic mass is 35.5. The number of halogens is 5. The monoisotopic (exact) mass is 347 g/mol. The van der Waals surface area contributed by atoms with Crippen molar-refractivity contribution in [2.45, 2.75) is 12.7 Å². The standard InChI is InChI=1S/C15H13F4N3.ClH/c1-22-13-10(6-9-2-4-11(16)5-3-9)7-20-8-12(13)14(21-22)15(17,18)19;/h2-6,20H,7-8H2,1H3;1H/b10-6+;. The lowest BCUT2D eigenvalue weighted by Gasteiger charge is -2.19. The number of benzene rings is 1. The zero-order valence-electron chi connectivity index (χ0n) is 12.1. The van der Waals surface area contributed by atoms with Crippen LogP contribution in [0.4, 0.5) is 17.6 Å². The van der Waals surface area contributed by atoms with Crippen LogP contribution in [0.3, 0.4) is 0 Å². The van der Waals surface area contributed by atoms with Gasteiger partial charge in [0.25, 0.3) is 0 Å². The SMILES string of the molecule is Cl.Cn1nc(C(F)(F)F)c2c1/C(=C/c1ccc(F)cc1)CNC2. The Bertz CT molecular complexity index is 732. The molecule has 23 heavy (non-hydrogen) atoms. The summed E-state index contributed by atoms with van der Waals surface area (Å²) >= 11 is 0. The van der Waals surface area contributed by atoms with Gasteiger partial charge in [0.05, 0.1) is 5.69 Å². The van der Waals surface area contributed by atoms with E-state index >= 15 is 0 Å². The molecule has 8 heteroatoms. The summed E-state index contributed by atoms with van der Waals surface area (Å²) in [5, 5.41) is 6.57. The molecule has 0 saturated carbocycles. The Morgan fingerprint density at radius 2 is 1.83 bits per heavy atom. The quantitative estimate of drug-likeness (QED) is 0.798. The molecule has 0 unspecified atom stereocenters. The fourth-order valence-electron chi connectivity index (χ4n) is 2.65. The van der Waals surface area contributed by atoms with E-state index in [1.807, 2.05) is 0 Å². The molecular weight excluding hydrogens is 334 g/mol. The van der Waals surface area contributed by atoms with Crippen molar-refractivity contribution in [3.8, 4) is 0 Å². The van der Waals surface area contributed by atoms with E-state index in [4.69, 9.17) is 0 Å². The smallest absolute Gasteiger partial charge is 0.308 e. The first kappa shape index (κ1) is 17.5. The third-order valence-corrected chi connectivity index (χ3v) is 3.55. The van der Waals surface area contributed by atoms with Gasteiger partial charge < -0.3 is 5.32 Å². The first-order chi connectivity index (χ1) is 10.4. The van der Waals surface area contributed by atoms with Crippen LogP contribution in [-0.2, 0) is 19.8 Å². The summed E-state index contributed by atoms with van der Waals surface area (Å²) in [6.45, 7) is 0.556. The van der Waals surface area contributed by atoms with E-state index in [0.29, 0.717) is 17.8 Å². The van der Waals surface area contributed by atoms with Crippen molar-refractivity contribution in [3.05, 3.63) is 52.6 Å². The second kappa shape index (κ2) is 6.33. The van der Waals surface area contributed by atoms with Gasteiger partial charge in [0.2, 0.25) is 0 Å². The van der Waals surface area contributed by atoms with Gasteiger partial charge in [0.15, 0.2) is 5.69 Å². The molecular formula is C15H14ClF4N3. The van der Waals surface area contributed by atoms with Crippen molar-refractivity contribution in [1.82, 2.24) is 15.1 Å². The first-order valence-electron chi connectivity index (χ1n) is 6.66. The van der Waals surface area contributed by atoms with Crippen LogP contribution in [0.1, 0.15) is 22.5 Å². The molecule has 1 N–H and O–H groups in total. The number of nitrogens with one attached hydrogen (secondary N) is 1. The van der Waals surface area contributed by atoms with E-state index in [9.17, 15) is 17.6 Å². The highest BCUT2D eigenvalue weighted by Crippen LogP contribution is 2.36. The van der Waals surface area contributed by atoms with Gasteiger partial charge in [-0.25, -0.2) is 4.39 Å². The summed E-state index contributed by atoms with van der Waals surface area (Å²) in [7, 11) is 1.50. The molecule has 2 aromatic rings. The second-order valence-corrected chi connectivity index (χ2v) is 5.12. The van der Waals surface area contributed by atoms with Gasteiger partial charge in [-0.2, -0.15) is 18.3 Å². The second-order valence-electron chi connectivity index (χ2n) is 5.12. The number of alkyl halides is 3. The molecule has 1 aromatic heterocycles. The Labute approximate surface area is 136 Å². The summed E-state index contributed by atoms with van der Waals surface area (Å²) in [5.41, 5.74) is 1.17. The molecule has 0 spiro atoms. The maximum atomic E-state index is 13.0. The van der Waals surface area contributed by atoms with Gasteiger partial charge in [-0.3, -0.25) is 4.68 Å². The normalized spacial score (nSPS) is 16.1. The van der Waals surface area contributed by atoms with Crippen molar-refractivity contribution in [3.63, 3.8) is 0 Å². The third-order valence-electron chi connectivity index (χ3n) is 3.55. The summed E-state index contributed by atoms with van der Waals surface area (Å²) in [6, 6.07) is 5.79. The summed E-state index contributed by atoms with van der Waals surface area (Å²) < 4.78 is 53.3. The van der Waals surface area contributed by atoms with Gasteiger partial charge in [0, 0.05) is 25.7 Å². The fourth-order valence-corrected chi connectivity index (χ4v) is 2.65. The topological polar surface area (TPSA) is 29.9 Å². The number of hydrogen-bond donors (Lipinski definition) is 1. The van der Waals surface area contributed by atoms with Crippen LogP contribution in [0.5, 0.6) is 0 Å². The lowest BCUT2D eigenvalue weighted by molar-refractivity contribution is -0.142. The zero-order valence-corrected chi connectivity index (χ0v) is 12.9. The maximum Gasteiger partial charge on any atom is 0.435 e. The van der Waals surface area contributed by atoms with E-state index in [1.54, 1.807) is 18.2 Å². The highest BCUT2D eigenvalue weighted by molar-refractivity contribution is 5.85. The van der Waals surface area contributed by atoms with Crippen molar-refractivity contribution >= 4 is 24.1 Å². The number of aromatic nitrogens is 2. The van der Waals surface area contributed by atoms with Crippen LogP contribution in [0, 0.1) is 5.82 Å². The summed E-state index contributed by atoms with van der Waals surface area (Å²) in [5.74, 6) is -0.357. The van der Waals surface area contributed by atoms with E-state index in [-0.39, 0.29) is 30.3 Å². The predicted octanol–water partition coefficient (Wildman–Crippen LogP) is 3.64. The summed E-state index contributed by atoms with van der Waals surface area (Å²) in [4.78, 5) is 0. The molecule has 0 fully saturated rings. The van der Waals surface area contributed by atoms with Crippen molar-refractivity contribution < 1.29 is 17.6 Å². The van der Waals surface area contributed by atoms with Gasteiger partial charge in [-0.15, -0.1) is 12.4 Å². The Morgan fingerprint density at radius 1 is 1.17 bits per heavy atom. The highest BCUT2D eigenvalue weighted by Gasteiger charge is 2.39. The molecule has 0 aliphatic carbocycles. The minimum absolute atomic E-state index is 0.